The Labute approximate surface area is 179 Å². The zero-order valence-corrected chi connectivity index (χ0v) is 17.2. The van der Waals surface area contributed by atoms with Crippen LogP contribution in [0, 0.1) is 0 Å². The van der Waals surface area contributed by atoms with E-state index in [1.807, 2.05) is 46.7 Å². The third kappa shape index (κ3) is 4.37. The number of carboxylic acids is 1. The summed E-state index contributed by atoms with van der Waals surface area (Å²) in [6, 6.07) is 17.1. The topological polar surface area (TPSA) is 95.7 Å². The fourth-order valence-electron chi connectivity index (χ4n) is 3.88. The quantitative estimate of drug-likeness (QED) is 0.510. The van der Waals surface area contributed by atoms with Gasteiger partial charge in [0.25, 0.3) is 5.91 Å². The molecule has 154 valence electrons. The summed E-state index contributed by atoms with van der Waals surface area (Å²) in [7, 11) is 0. The van der Waals surface area contributed by atoms with Crippen LogP contribution in [0.3, 0.4) is 0 Å². The van der Waals surface area contributed by atoms with Crippen molar-refractivity contribution in [2.45, 2.75) is 18.9 Å². The average Bonchev–Trinajstić information content (AvgIpc) is 3.41. The van der Waals surface area contributed by atoms with Gasteiger partial charge in [-0.2, -0.15) is 0 Å². The Bertz CT molecular complexity index is 1050. The molecule has 30 heavy (non-hydrogen) atoms. The number of rotatable bonds is 6. The lowest BCUT2D eigenvalue weighted by Gasteiger charge is -2.23. The van der Waals surface area contributed by atoms with Gasteiger partial charge in [-0.25, -0.2) is 0 Å². The van der Waals surface area contributed by atoms with Crippen molar-refractivity contribution >= 4 is 34.6 Å². The summed E-state index contributed by atoms with van der Waals surface area (Å²) in [4.78, 5) is 26.9. The number of thiophene rings is 1. The first kappa shape index (κ1) is 20.1. The van der Waals surface area contributed by atoms with E-state index in [-0.39, 0.29) is 18.5 Å². The molecular weight excluding hydrogens is 398 g/mol. The van der Waals surface area contributed by atoms with Crippen molar-refractivity contribution in [3.8, 4) is 10.4 Å². The molecule has 2 aromatic carbocycles. The van der Waals surface area contributed by atoms with Crippen molar-refractivity contribution in [1.82, 2.24) is 4.90 Å². The number of hydrogen-bond donors (Lipinski definition) is 3. The summed E-state index contributed by atoms with van der Waals surface area (Å²) in [6.07, 6.45) is 1.89. The van der Waals surface area contributed by atoms with Gasteiger partial charge in [-0.15, -0.1) is 11.3 Å². The highest BCUT2D eigenvalue weighted by Crippen LogP contribution is 2.32. The van der Waals surface area contributed by atoms with Crippen LogP contribution in [-0.4, -0.2) is 35.0 Å². The Morgan fingerprint density at radius 2 is 1.97 bits per heavy atom. The van der Waals surface area contributed by atoms with Crippen LogP contribution in [0.5, 0.6) is 0 Å². The monoisotopic (exact) mass is 421 g/mol. The number of nitrogen functional groups attached to an aromatic ring is 1. The SMILES string of the molecule is Nc1ccc(-c2cccs2)cc1NC(=O)c1ccc(C2CCCN2CC(=O)O)cc1. The number of anilines is 2. The minimum absolute atomic E-state index is 0.0345. The molecule has 7 heteroatoms. The second-order valence-electron chi connectivity index (χ2n) is 7.38. The Morgan fingerprint density at radius 3 is 2.67 bits per heavy atom. The van der Waals surface area contributed by atoms with E-state index in [1.54, 1.807) is 29.5 Å². The summed E-state index contributed by atoms with van der Waals surface area (Å²) in [5.41, 5.74) is 9.72. The molecule has 1 saturated heterocycles. The van der Waals surface area contributed by atoms with Gasteiger partial charge in [0.2, 0.25) is 0 Å². The molecule has 0 aliphatic carbocycles. The lowest BCUT2D eigenvalue weighted by Crippen LogP contribution is -2.29. The number of carboxylic acid groups (broad SMARTS) is 1. The Balaban J connectivity index is 1.48. The number of likely N-dealkylation sites (tertiary alicyclic amines) is 1. The Morgan fingerprint density at radius 1 is 1.17 bits per heavy atom. The highest BCUT2D eigenvalue weighted by atomic mass is 32.1. The normalized spacial score (nSPS) is 16.5. The molecule has 1 fully saturated rings. The molecule has 1 aliphatic rings. The summed E-state index contributed by atoms with van der Waals surface area (Å²) < 4.78 is 0. The van der Waals surface area contributed by atoms with E-state index in [2.05, 4.69) is 5.32 Å². The van der Waals surface area contributed by atoms with Crippen LogP contribution >= 0.6 is 11.3 Å². The smallest absolute Gasteiger partial charge is 0.317 e. The summed E-state index contributed by atoms with van der Waals surface area (Å²) in [5.74, 6) is -1.05. The van der Waals surface area contributed by atoms with Gasteiger partial charge in [0.15, 0.2) is 0 Å². The number of nitrogens with zero attached hydrogens (tertiary/aromatic N) is 1. The fourth-order valence-corrected chi connectivity index (χ4v) is 4.60. The van der Waals surface area contributed by atoms with E-state index in [0.717, 1.165) is 35.4 Å². The molecule has 1 aromatic heterocycles. The van der Waals surface area contributed by atoms with Crippen LogP contribution in [-0.2, 0) is 4.79 Å². The van der Waals surface area contributed by atoms with Crippen molar-refractivity contribution < 1.29 is 14.7 Å². The van der Waals surface area contributed by atoms with E-state index >= 15 is 0 Å². The average molecular weight is 422 g/mol. The number of carbonyl (C=O) groups is 2. The van der Waals surface area contributed by atoms with E-state index in [4.69, 9.17) is 10.8 Å². The minimum atomic E-state index is -0.819. The second kappa shape index (κ2) is 8.69. The molecule has 0 spiro atoms. The molecule has 2 heterocycles. The maximum atomic E-state index is 12.8. The molecule has 1 atom stereocenters. The summed E-state index contributed by atoms with van der Waals surface area (Å²) in [6.45, 7) is 0.811. The highest BCUT2D eigenvalue weighted by molar-refractivity contribution is 7.13. The number of nitrogens with two attached hydrogens (primary N) is 1. The molecule has 4 rings (SSSR count). The fraction of sp³-hybridized carbons (Fsp3) is 0.217. The second-order valence-corrected chi connectivity index (χ2v) is 8.33. The van der Waals surface area contributed by atoms with Crippen LogP contribution in [0.4, 0.5) is 11.4 Å². The zero-order valence-electron chi connectivity index (χ0n) is 16.4. The van der Waals surface area contributed by atoms with E-state index < -0.39 is 5.97 Å². The molecular formula is C23H23N3O3S. The predicted octanol–water partition coefficient (Wildman–Crippen LogP) is 4.47. The number of carbonyl (C=O) groups excluding carboxylic acids is 1. The summed E-state index contributed by atoms with van der Waals surface area (Å²) in [5, 5.41) is 14.0. The van der Waals surface area contributed by atoms with Crippen molar-refractivity contribution in [3.05, 3.63) is 71.1 Å². The van der Waals surface area contributed by atoms with Crippen LogP contribution < -0.4 is 11.1 Å². The first-order valence-electron chi connectivity index (χ1n) is 9.82. The minimum Gasteiger partial charge on any atom is -0.480 e. The lowest BCUT2D eigenvalue weighted by atomic mass is 10.0. The largest absolute Gasteiger partial charge is 0.480 e. The molecule has 1 unspecified atom stereocenters. The number of benzene rings is 2. The molecule has 4 N–H and O–H groups in total. The van der Waals surface area contributed by atoms with Crippen molar-refractivity contribution in [2.24, 2.45) is 0 Å². The molecule has 0 bridgehead atoms. The third-order valence-corrected chi connectivity index (χ3v) is 6.29. The van der Waals surface area contributed by atoms with Crippen molar-refractivity contribution in [2.75, 3.05) is 24.1 Å². The number of aliphatic carboxylic acids is 1. The molecule has 3 aromatic rings. The van der Waals surface area contributed by atoms with Crippen LogP contribution in [0.2, 0.25) is 0 Å². The number of nitrogens with one attached hydrogen (secondary N) is 1. The van der Waals surface area contributed by atoms with E-state index in [9.17, 15) is 9.59 Å². The van der Waals surface area contributed by atoms with Crippen LogP contribution in [0.15, 0.2) is 60.0 Å². The standard InChI is InChI=1S/C23H23N3O3S/c24-18-10-9-17(21-4-2-12-30-21)13-19(18)25-23(29)16-7-5-15(6-8-16)20-3-1-11-26(20)14-22(27)28/h2,4-10,12-13,20H,1,3,11,14,24H2,(H,25,29)(H,27,28). The third-order valence-electron chi connectivity index (χ3n) is 5.37. The number of hydrogen-bond acceptors (Lipinski definition) is 5. The zero-order chi connectivity index (χ0) is 21.1. The van der Waals surface area contributed by atoms with Gasteiger partial charge in [-0.05, 0) is 66.2 Å². The van der Waals surface area contributed by atoms with Gasteiger partial charge in [-0.3, -0.25) is 14.5 Å². The predicted molar refractivity (Wildman–Crippen MR) is 120 cm³/mol. The Kier molecular flexibility index (Phi) is 5.83. The Hall–Kier alpha value is -3.16. The van der Waals surface area contributed by atoms with Gasteiger partial charge in [-0.1, -0.05) is 24.3 Å². The van der Waals surface area contributed by atoms with Crippen molar-refractivity contribution in [1.29, 1.82) is 0 Å². The van der Waals surface area contributed by atoms with Gasteiger partial charge in [0.05, 0.1) is 17.9 Å². The number of amides is 1. The van der Waals surface area contributed by atoms with Crippen LogP contribution in [0.25, 0.3) is 10.4 Å². The molecule has 0 radical (unpaired) electrons. The van der Waals surface area contributed by atoms with Gasteiger partial charge in [0.1, 0.15) is 0 Å². The molecule has 1 aliphatic heterocycles. The van der Waals surface area contributed by atoms with E-state index in [0.29, 0.717) is 16.9 Å². The van der Waals surface area contributed by atoms with Crippen molar-refractivity contribution in [3.63, 3.8) is 0 Å². The van der Waals surface area contributed by atoms with Gasteiger partial charge < -0.3 is 16.2 Å². The van der Waals surface area contributed by atoms with Gasteiger partial charge >= 0.3 is 5.97 Å². The lowest BCUT2D eigenvalue weighted by molar-refractivity contribution is -0.138. The first-order chi connectivity index (χ1) is 14.5. The first-order valence-corrected chi connectivity index (χ1v) is 10.7. The maximum Gasteiger partial charge on any atom is 0.317 e. The highest BCUT2D eigenvalue weighted by Gasteiger charge is 2.27. The van der Waals surface area contributed by atoms with Crippen LogP contribution in [0.1, 0.15) is 34.8 Å². The van der Waals surface area contributed by atoms with Gasteiger partial charge in [0, 0.05) is 16.5 Å². The molecule has 0 saturated carbocycles. The molecule has 6 nitrogen and oxygen atoms in total. The van der Waals surface area contributed by atoms with E-state index in [1.165, 1.54) is 0 Å². The molecule has 1 amide bonds. The maximum absolute atomic E-state index is 12.8. The summed E-state index contributed by atoms with van der Waals surface area (Å²) >= 11 is 1.63.